The summed E-state index contributed by atoms with van der Waals surface area (Å²) in [6.07, 6.45) is 2.77. The Hall–Kier alpha value is -1.50. The molecular formula is C13H17ClN6. The molecule has 3 aliphatic rings. The van der Waals surface area contributed by atoms with E-state index in [1.807, 2.05) is 30.3 Å². The highest BCUT2D eigenvalue weighted by molar-refractivity contribution is 6.28. The summed E-state index contributed by atoms with van der Waals surface area (Å²) in [7, 11) is 0. The van der Waals surface area contributed by atoms with E-state index < -0.39 is 0 Å². The van der Waals surface area contributed by atoms with E-state index in [4.69, 9.17) is 11.6 Å². The second-order valence-electron chi connectivity index (χ2n) is 4.98. The lowest BCUT2D eigenvalue weighted by Gasteiger charge is -2.37. The molecule has 0 radical (unpaired) electrons. The number of para-hydroxylation sites is 1. The largest absolute Gasteiger partial charge is 0.311 e. The first-order valence-electron chi connectivity index (χ1n) is 6.79. The molecule has 6 nitrogen and oxygen atoms in total. The van der Waals surface area contributed by atoms with E-state index in [2.05, 4.69) is 26.2 Å². The molecule has 20 heavy (non-hydrogen) atoms. The van der Waals surface area contributed by atoms with Crippen molar-refractivity contribution >= 4 is 11.6 Å². The zero-order valence-electron chi connectivity index (χ0n) is 11.0. The highest BCUT2D eigenvalue weighted by atomic mass is 35.5. The van der Waals surface area contributed by atoms with Crippen LogP contribution in [0.1, 0.15) is 12.8 Å². The van der Waals surface area contributed by atoms with Crippen LogP contribution in [0.3, 0.4) is 0 Å². The van der Waals surface area contributed by atoms with Crippen molar-refractivity contribution in [2.75, 3.05) is 13.1 Å². The molecule has 2 atom stereocenters. The number of nitrogens with one attached hydrogen (secondary N) is 2. The van der Waals surface area contributed by atoms with Crippen LogP contribution in [0, 0.1) is 0 Å². The van der Waals surface area contributed by atoms with E-state index in [-0.39, 0.29) is 5.28 Å². The summed E-state index contributed by atoms with van der Waals surface area (Å²) in [6.45, 7) is 2.40. The minimum Gasteiger partial charge on any atom is -0.311 e. The predicted octanol–water partition coefficient (Wildman–Crippen LogP) is 1.03. The van der Waals surface area contributed by atoms with E-state index in [9.17, 15) is 0 Å². The fourth-order valence-corrected chi connectivity index (χ4v) is 2.64. The summed E-state index contributed by atoms with van der Waals surface area (Å²) in [4.78, 5) is 0. The number of rotatable bonds is 1. The maximum atomic E-state index is 5.70. The van der Waals surface area contributed by atoms with E-state index in [1.165, 1.54) is 30.6 Å². The van der Waals surface area contributed by atoms with Crippen LogP contribution >= 0.6 is 11.6 Å². The van der Waals surface area contributed by atoms with Crippen molar-refractivity contribution in [2.45, 2.75) is 24.9 Å². The number of piperidine rings is 2. The van der Waals surface area contributed by atoms with Gasteiger partial charge in [-0.25, -0.2) is 0 Å². The smallest absolute Gasteiger partial charge is 0.247 e. The molecule has 2 aromatic rings. The van der Waals surface area contributed by atoms with Crippen LogP contribution in [0.2, 0.25) is 5.28 Å². The standard InChI is InChI=1S/C7H5ClN4.C6H12N2/c8-7-9-10-11-12(7)6-4-2-1-3-5-6;1-2-6-4-7-5(1)3-8-6/h1-5H;5-8H,1-4H2/t;5-,6-/m.0/s1. The normalized spacial score (nSPS) is 24.1. The molecule has 2 N–H and O–H groups in total. The zero-order valence-corrected chi connectivity index (χ0v) is 11.8. The van der Waals surface area contributed by atoms with E-state index >= 15 is 0 Å². The first kappa shape index (κ1) is 13.5. The van der Waals surface area contributed by atoms with Crippen molar-refractivity contribution in [3.05, 3.63) is 35.6 Å². The van der Waals surface area contributed by atoms with Gasteiger partial charge in [-0.1, -0.05) is 23.3 Å². The minimum atomic E-state index is 0.265. The van der Waals surface area contributed by atoms with Crippen molar-refractivity contribution in [3.8, 4) is 5.69 Å². The third kappa shape index (κ3) is 3.15. The molecular weight excluding hydrogens is 276 g/mol. The van der Waals surface area contributed by atoms with Gasteiger partial charge in [0.05, 0.1) is 5.69 Å². The molecule has 4 heterocycles. The van der Waals surface area contributed by atoms with Gasteiger partial charge in [0.1, 0.15) is 0 Å². The van der Waals surface area contributed by atoms with Gasteiger partial charge < -0.3 is 10.6 Å². The second kappa shape index (κ2) is 6.30. The number of hydrogen-bond donors (Lipinski definition) is 2. The lowest BCUT2D eigenvalue weighted by molar-refractivity contribution is 0.251. The number of tetrazole rings is 1. The number of nitrogens with zero attached hydrogens (tertiary/aromatic N) is 4. The van der Waals surface area contributed by atoms with Gasteiger partial charge in [-0.3, -0.25) is 0 Å². The maximum absolute atomic E-state index is 5.70. The zero-order chi connectivity index (χ0) is 13.8. The summed E-state index contributed by atoms with van der Waals surface area (Å²) >= 11 is 5.70. The molecule has 1 aromatic carbocycles. The van der Waals surface area contributed by atoms with Gasteiger partial charge in [0.15, 0.2) is 0 Å². The Kier molecular flexibility index (Phi) is 4.25. The monoisotopic (exact) mass is 292 g/mol. The number of halogens is 1. The third-order valence-electron chi connectivity index (χ3n) is 3.60. The SMILES string of the molecule is C1C[C@H]2CN[C@@H]1CN2.Clc1nnnn1-c1ccccc1. The lowest BCUT2D eigenvalue weighted by atomic mass is 9.96. The Morgan fingerprint density at radius 3 is 2.10 bits per heavy atom. The average molecular weight is 293 g/mol. The molecule has 1 aromatic heterocycles. The summed E-state index contributed by atoms with van der Waals surface area (Å²) < 4.78 is 1.46. The molecule has 2 bridgehead atoms. The number of aromatic nitrogens is 4. The van der Waals surface area contributed by atoms with Crippen molar-refractivity contribution in [2.24, 2.45) is 0 Å². The molecule has 5 rings (SSSR count). The summed E-state index contributed by atoms with van der Waals surface area (Å²) in [6, 6.07) is 11.0. The Labute approximate surface area is 122 Å². The number of fused-ring (bicyclic) bond motifs is 3. The van der Waals surface area contributed by atoms with Gasteiger partial charge in [0.2, 0.25) is 5.28 Å². The molecule has 0 unspecified atom stereocenters. The van der Waals surface area contributed by atoms with Gasteiger partial charge in [-0.2, -0.15) is 4.68 Å². The quantitative estimate of drug-likeness (QED) is 0.822. The number of hydrogen-bond acceptors (Lipinski definition) is 5. The Bertz CT molecular complexity index is 512. The highest BCUT2D eigenvalue weighted by Crippen LogP contribution is 2.12. The molecule has 3 fully saturated rings. The van der Waals surface area contributed by atoms with Crippen LogP contribution in [0.25, 0.3) is 5.69 Å². The molecule has 3 saturated heterocycles. The average Bonchev–Trinajstić information content (AvgIpc) is 2.97. The molecule has 0 aliphatic carbocycles. The predicted molar refractivity (Wildman–Crippen MR) is 77.0 cm³/mol. The highest BCUT2D eigenvalue weighted by Gasteiger charge is 2.25. The summed E-state index contributed by atoms with van der Waals surface area (Å²) in [5, 5.41) is 17.9. The Morgan fingerprint density at radius 2 is 1.70 bits per heavy atom. The molecule has 0 spiro atoms. The van der Waals surface area contributed by atoms with Crippen LogP contribution in [-0.4, -0.2) is 45.4 Å². The van der Waals surface area contributed by atoms with Crippen molar-refractivity contribution in [1.29, 1.82) is 0 Å². The Morgan fingerprint density at radius 1 is 1.05 bits per heavy atom. The van der Waals surface area contributed by atoms with E-state index in [1.54, 1.807) is 0 Å². The molecule has 0 saturated carbocycles. The molecule has 7 heteroatoms. The fraction of sp³-hybridized carbons (Fsp3) is 0.462. The van der Waals surface area contributed by atoms with Crippen molar-refractivity contribution < 1.29 is 0 Å². The molecule has 106 valence electrons. The van der Waals surface area contributed by atoms with E-state index in [0.29, 0.717) is 0 Å². The van der Waals surface area contributed by atoms with Crippen LogP contribution in [0.4, 0.5) is 0 Å². The fourth-order valence-electron chi connectivity index (χ4n) is 2.48. The lowest BCUT2D eigenvalue weighted by Crippen LogP contribution is -2.58. The first-order valence-corrected chi connectivity index (χ1v) is 7.17. The topological polar surface area (TPSA) is 67.7 Å². The van der Waals surface area contributed by atoms with Crippen LogP contribution < -0.4 is 10.6 Å². The van der Waals surface area contributed by atoms with Crippen LogP contribution in [-0.2, 0) is 0 Å². The van der Waals surface area contributed by atoms with Gasteiger partial charge >= 0.3 is 0 Å². The van der Waals surface area contributed by atoms with Gasteiger partial charge in [-0.15, -0.1) is 0 Å². The van der Waals surface area contributed by atoms with Gasteiger partial charge in [-0.05, 0) is 47.0 Å². The van der Waals surface area contributed by atoms with Gasteiger partial charge in [0, 0.05) is 25.2 Å². The second-order valence-corrected chi connectivity index (χ2v) is 5.32. The van der Waals surface area contributed by atoms with Crippen molar-refractivity contribution in [3.63, 3.8) is 0 Å². The Balaban J connectivity index is 0.000000131. The number of piperazine rings is 1. The first-order chi connectivity index (χ1) is 9.83. The minimum absolute atomic E-state index is 0.265. The molecule has 0 amide bonds. The summed E-state index contributed by atoms with van der Waals surface area (Å²) in [5.74, 6) is 0. The van der Waals surface area contributed by atoms with Crippen LogP contribution in [0.5, 0.6) is 0 Å². The summed E-state index contributed by atoms with van der Waals surface area (Å²) in [5.41, 5.74) is 0.854. The number of benzene rings is 1. The van der Waals surface area contributed by atoms with Crippen molar-refractivity contribution in [1.82, 2.24) is 30.8 Å². The molecule has 3 aliphatic heterocycles. The van der Waals surface area contributed by atoms with Crippen LogP contribution in [0.15, 0.2) is 30.3 Å². The van der Waals surface area contributed by atoms with Gasteiger partial charge in [0.25, 0.3) is 0 Å². The van der Waals surface area contributed by atoms with E-state index in [0.717, 1.165) is 17.8 Å². The maximum Gasteiger partial charge on any atom is 0.247 e. The third-order valence-corrected chi connectivity index (χ3v) is 3.84.